The van der Waals surface area contributed by atoms with Crippen LogP contribution in [0.4, 0.5) is 5.69 Å². The molecule has 1 aromatic heterocycles. The molecule has 0 spiro atoms. The number of pyridine rings is 1. The van der Waals surface area contributed by atoms with E-state index in [2.05, 4.69) is 33.9 Å². The van der Waals surface area contributed by atoms with Gasteiger partial charge in [-0.1, -0.05) is 31.8 Å². The average molecular weight is 469 g/mol. The zero-order chi connectivity index (χ0) is 24.6. The van der Waals surface area contributed by atoms with Crippen molar-refractivity contribution in [3.63, 3.8) is 0 Å². The van der Waals surface area contributed by atoms with Crippen LogP contribution >= 0.6 is 0 Å². The maximum Gasteiger partial charge on any atom is 0.255 e. The molecule has 0 atom stereocenters. The first kappa shape index (κ1) is 24.9. The molecule has 35 heavy (non-hydrogen) atoms. The number of aryl methyl sites for hydroxylation is 1. The molecule has 0 bridgehead atoms. The van der Waals surface area contributed by atoms with Crippen LogP contribution in [0, 0.1) is 24.7 Å². The van der Waals surface area contributed by atoms with Crippen LogP contribution in [0.2, 0.25) is 0 Å². The summed E-state index contributed by atoms with van der Waals surface area (Å²) >= 11 is 0. The third kappa shape index (κ3) is 6.69. The first-order valence-electron chi connectivity index (χ1n) is 12.9. The van der Waals surface area contributed by atoms with E-state index in [0.29, 0.717) is 17.5 Å². The Morgan fingerprint density at radius 2 is 1.80 bits per heavy atom. The number of hydrogen-bond donors (Lipinski definition) is 3. The van der Waals surface area contributed by atoms with Gasteiger partial charge in [-0.2, -0.15) is 0 Å². The molecule has 5 heteroatoms. The zero-order valence-corrected chi connectivity index (χ0v) is 21.1. The Labute approximate surface area is 209 Å². The van der Waals surface area contributed by atoms with Crippen molar-refractivity contribution in [2.45, 2.75) is 59.0 Å². The average Bonchev–Trinajstić information content (AvgIpc) is 3.74. The second-order valence-corrected chi connectivity index (χ2v) is 9.13. The van der Waals surface area contributed by atoms with Crippen molar-refractivity contribution < 1.29 is 4.79 Å². The standard InChI is InChI=1S/C28H30N4O.C2H6/c1-19-26(32-28(33)23-8-6-21(7-9-23)5-4-20-2-3-20)11-10-24-16-22(18-31-27(19)24)17-30-25-12-14-29-15-13-25;1-2/h6-11,16,18,20,25,29-30H,2-3,12-15,17H2,1H3,(H,32,33);1-2H3. The normalized spacial score (nSPS) is 15.5. The predicted octanol–water partition coefficient (Wildman–Crippen LogP) is 5.42. The Bertz CT molecular complexity index is 1210. The van der Waals surface area contributed by atoms with E-state index in [4.69, 9.17) is 4.98 Å². The van der Waals surface area contributed by atoms with E-state index in [-0.39, 0.29) is 5.91 Å². The van der Waals surface area contributed by atoms with Gasteiger partial charge in [-0.3, -0.25) is 9.78 Å². The number of benzene rings is 2. The number of amides is 1. The van der Waals surface area contributed by atoms with E-state index < -0.39 is 0 Å². The first-order chi connectivity index (χ1) is 17.2. The number of rotatable bonds is 5. The van der Waals surface area contributed by atoms with E-state index in [9.17, 15) is 4.79 Å². The van der Waals surface area contributed by atoms with Gasteiger partial charge in [0.05, 0.1) is 5.52 Å². The van der Waals surface area contributed by atoms with Crippen LogP contribution in [-0.2, 0) is 6.54 Å². The van der Waals surface area contributed by atoms with Gasteiger partial charge < -0.3 is 16.0 Å². The third-order valence-corrected chi connectivity index (χ3v) is 6.49. The molecular weight excluding hydrogens is 432 g/mol. The SMILES string of the molecule is CC.Cc1c(NC(=O)c2ccc(C#CC3CC3)cc2)ccc2cc(CNC3CCNCC3)cnc12. The Kier molecular flexibility index (Phi) is 8.52. The fourth-order valence-electron chi connectivity index (χ4n) is 4.23. The van der Waals surface area contributed by atoms with Crippen molar-refractivity contribution in [2.24, 2.45) is 5.92 Å². The van der Waals surface area contributed by atoms with Gasteiger partial charge in [0, 0.05) is 46.9 Å². The Balaban J connectivity index is 0.00000141. The van der Waals surface area contributed by atoms with Crippen LogP contribution in [0.15, 0.2) is 48.7 Å². The summed E-state index contributed by atoms with van der Waals surface area (Å²) in [5.74, 6) is 6.88. The molecule has 1 amide bonds. The summed E-state index contributed by atoms with van der Waals surface area (Å²) in [6, 6.07) is 14.3. The van der Waals surface area contributed by atoms with E-state index in [1.165, 1.54) is 31.2 Å². The van der Waals surface area contributed by atoms with Crippen molar-refractivity contribution in [2.75, 3.05) is 18.4 Å². The lowest BCUT2D eigenvalue weighted by atomic mass is 10.0. The van der Waals surface area contributed by atoms with E-state index in [1.54, 1.807) is 0 Å². The fourth-order valence-corrected chi connectivity index (χ4v) is 4.23. The van der Waals surface area contributed by atoms with Crippen molar-refractivity contribution in [3.8, 4) is 11.8 Å². The second kappa shape index (κ2) is 12.0. The minimum absolute atomic E-state index is 0.123. The van der Waals surface area contributed by atoms with Crippen LogP contribution in [0.3, 0.4) is 0 Å². The van der Waals surface area contributed by atoms with Crippen LogP contribution in [0.25, 0.3) is 10.9 Å². The molecule has 3 aromatic rings. The molecule has 2 aliphatic rings. The Morgan fingerprint density at radius 3 is 2.51 bits per heavy atom. The number of carbonyl (C=O) groups excluding carboxylic acids is 1. The Hall–Kier alpha value is -3.20. The molecular formula is C30H36N4O. The van der Waals surface area contributed by atoms with Crippen molar-refractivity contribution in [1.82, 2.24) is 15.6 Å². The highest BCUT2D eigenvalue weighted by Crippen LogP contribution is 2.28. The molecule has 3 N–H and O–H groups in total. The molecule has 2 aromatic carbocycles. The van der Waals surface area contributed by atoms with Crippen molar-refractivity contribution in [1.29, 1.82) is 0 Å². The van der Waals surface area contributed by atoms with Gasteiger partial charge in [0.15, 0.2) is 0 Å². The summed E-state index contributed by atoms with van der Waals surface area (Å²) in [7, 11) is 0. The number of nitrogens with one attached hydrogen (secondary N) is 3. The number of carbonyl (C=O) groups is 1. The predicted molar refractivity (Wildman–Crippen MR) is 145 cm³/mol. The number of nitrogens with zero attached hydrogens (tertiary/aromatic N) is 1. The van der Waals surface area contributed by atoms with E-state index >= 15 is 0 Å². The van der Waals surface area contributed by atoms with Gasteiger partial charge >= 0.3 is 0 Å². The molecule has 0 unspecified atom stereocenters. The molecule has 2 heterocycles. The molecule has 5 rings (SSSR count). The van der Waals surface area contributed by atoms with Gasteiger partial charge in [0.1, 0.15) is 0 Å². The summed E-state index contributed by atoms with van der Waals surface area (Å²) in [4.78, 5) is 17.5. The van der Waals surface area contributed by atoms with E-state index in [1.807, 2.05) is 63.4 Å². The summed E-state index contributed by atoms with van der Waals surface area (Å²) in [5.41, 5.74) is 5.45. The van der Waals surface area contributed by atoms with Crippen LogP contribution in [-0.4, -0.2) is 30.0 Å². The van der Waals surface area contributed by atoms with Crippen LogP contribution in [0.1, 0.15) is 66.6 Å². The highest BCUT2D eigenvalue weighted by Gasteiger charge is 2.18. The second-order valence-electron chi connectivity index (χ2n) is 9.13. The number of anilines is 1. The fraction of sp³-hybridized carbons (Fsp3) is 0.400. The monoisotopic (exact) mass is 468 g/mol. The summed E-state index contributed by atoms with van der Waals surface area (Å²) in [5, 5.41) is 11.2. The lowest BCUT2D eigenvalue weighted by molar-refractivity contribution is 0.102. The summed E-state index contributed by atoms with van der Waals surface area (Å²) in [6.45, 7) is 9.00. The Morgan fingerprint density at radius 1 is 1.06 bits per heavy atom. The first-order valence-corrected chi connectivity index (χ1v) is 12.9. The maximum absolute atomic E-state index is 12.8. The van der Waals surface area contributed by atoms with Gasteiger partial charge in [-0.25, -0.2) is 0 Å². The van der Waals surface area contributed by atoms with Gasteiger partial charge in [0.2, 0.25) is 0 Å². The molecule has 182 valence electrons. The topological polar surface area (TPSA) is 66.1 Å². The molecule has 2 fully saturated rings. The largest absolute Gasteiger partial charge is 0.322 e. The maximum atomic E-state index is 12.8. The number of aromatic nitrogens is 1. The van der Waals surface area contributed by atoms with Crippen molar-refractivity contribution >= 4 is 22.5 Å². The third-order valence-electron chi connectivity index (χ3n) is 6.49. The number of hydrogen-bond acceptors (Lipinski definition) is 4. The van der Waals surface area contributed by atoms with Gasteiger partial charge in [-0.15, -0.1) is 0 Å². The highest BCUT2D eigenvalue weighted by molar-refractivity contribution is 6.06. The number of fused-ring (bicyclic) bond motifs is 1. The van der Waals surface area contributed by atoms with Gasteiger partial charge in [-0.05, 0) is 93.2 Å². The molecule has 1 aliphatic carbocycles. The summed E-state index contributed by atoms with van der Waals surface area (Å²) in [6.07, 6.45) is 6.70. The van der Waals surface area contributed by atoms with Crippen molar-refractivity contribution in [3.05, 3.63) is 70.9 Å². The molecule has 5 nitrogen and oxygen atoms in total. The summed E-state index contributed by atoms with van der Waals surface area (Å²) < 4.78 is 0. The minimum Gasteiger partial charge on any atom is -0.322 e. The molecule has 1 saturated heterocycles. The lowest BCUT2D eigenvalue weighted by Crippen LogP contribution is -2.39. The number of piperidine rings is 1. The van der Waals surface area contributed by atoms with Crippen LogP contribution < -0.4 is 16.0 Å². The molecule has 1 aliphatic heterocycles. The highest BCUT2D eigenvalue weighted by atomic mass is 16.1. The zero-order valence-electron chi connectivity index (χ0n) is 21.1. The smallest absolute Gasteiger partial charge is 0.255 e. The molecule has 1 saturated carbocycles. The molecule has 0 radical (unpaired) electrons. The van der Waals surface area contributed by atoms with Crippen LogP contribution in [0.5, 0.6) is 0 Å². The van der Waals surface area contributed by atoms with Gasteiger partial charge in [0.25, 0.3) is 5.91 Å². The quantitative estimate of drug-likeness (QED) is 0.437. The minimum atomic E-state index is -0.123. The lowest BCUT2D eigenvalue weighted by Gasteiger charge is -2.23. The van der Waals surface area contributed by atoms with E-state index in [0.717, 1.165) is 47.4 Å².